The van der Waals surface area contributed by atoms with Crippen LogP contribution in [0.4, 0.5) is 4.39 Å². The topological polar surface area (TPSA) is 34.4 Å². The Labute approximate surface area is 118 Å². The van der Waals surface area contributed by atoms with E-state index in [1.807, 2.05) is 19.2 Å². The first-order valence-electron chi connectivity index (χ1n) is 7.10. The Balaban J connectivity index is 2.05. The Bertz CT molecular complexity index is 602. The molecule has 1 unspecified atom stereocenters. The molecule has 3 rings (SSSR count). The molecule has 1 saturated carbocycles. The molecule has 0 radical (unpaired) electrons. The summed E-state index contributed by atoms with van der Waals surface area (Å²) in [6.07, 6.45) is 4.30. The molecular formula is C16H20FNO2. The molecule has 1 heterocycles. The van der Waals surface area contributed by atoms with Crippen molar-refractivity contribution in [2.75, 3.05) is 14.2 Å². The summed E-state index contributed by atoms with van der Waals surface area (Å²) in [7, 11) is 3.65. The molecule has 0 bridgehead atoms. The summed E-state index contributed by atoms with van der Waals surface area (Å²) in [5.41, 5.74) is 0.0750. The van der Waals surface area contributed by atoms with E-state index < -0.39 is 0 Å². The fourth-order valence-electron chi connectivity index (χ4n) is 3.44. The molecule has 1 atom stereocenters. The molecule has 0 amide bonds. The number of fused-ring (bicyclic) bond motifs is 1. The van der Waals surface area contributed by atoms with Gasteiger partial charge in [-0.25, -0.2) is 4.39 Å². The van der Waals surface area contributed by atoms with Gasteiger partial charge >= 0.3 is 0 Å². The van der Waals surface area contributed by atoms with E-state index in [1.54, 1.807) is 13.2 Å². The van der Waals surface area contributed by atoms with Gasteiger partial charge in [-0.05, 0) is 32.0 Å². The van der Waals surface area contributed by atoms with E-state index in [-0.39, 0.29) is 17.5 Å². The Kier molecular flexibility index (Phi) is 3.52. The number of halogens is 1. The molecule has 1 aliphatic carbocycles. The SMILES string of the molecule is CNC(c1cc2cccc(F)c2o1)C1(OC)CCCC1. The van der Waals surface area contributed by atoms with Crippen LogP contribution in [0.25, 0.3) is 11.0 Å². The van der Waals surface area contributed by atoms with Gasteiger partial charge in [0, 0.05) is 12.5 Å². The van der Waals surface area contributed by atoms with Crippen molar-refractivity contribution in [3.05, 3.63) is 35.8 Å². The monoisotopic (exact) mass is 277 g/mol. The maximum Gasteiger partial charge on any atom is 0.169 e. The molecule has 3 nitrogen and oxygen atoms in total. The second-order valence-electron chi connectivity index (χ2n) is 5.50. The van der Waals surface area contributed by atoms with Gasteiger partial charge in [-0.15, -0.1) is 0 Å². The van der Waals surface area contributed by atoms with Crippen LogP contribution in [0.1, 0.15) is 37.5 Å². The number of ether oxygens (including phenoxy) is 1. The van der Waals surface area contributed by atoms with Crippen molar-refractivity contribution in [2.45, 2.75) is 37.3 Å². The Morgan fingerprint density at radius 2 is 2.10 bits per heavy atom. The normalized spacial score (nSPS) is 19.6. The minimum absolute atomic E-state index is 0.0539. The van der Waals surface area contributed by atoms with Gasteiger partial charge < -0.3 is 14.5 Å². The molecule has 0 spiro atoms. The minimum atomic E-state index is -0.318. The molecule has 1 aromatic heterocycles. The zero-order chi connectivity index (χ0) is 14.2. The number of benzene rings is 1. The lowest BCUT2D eigenvalue weighted by Gasteiger charge is -2.34. The molecule has 1 aliphatic rings. The highest BCUT2D eigenvalue weighted by Gasteiger charge is 2.43. The minimum Gasteiger partial charge on any atom is -0.456 e. The molecule has 4 heteroatoms. The van der Waals surface area contributed by atoms with E-state index in [0.29, 0.717) is 5.58 Å². The number of para-hydroxylation sites is 1. The molecule has 2 aromatic rings. The summed E-state index contributed by atoms with van der Waals surface area (Å²) < 4.78 is 25.4. The lowest BCUT2D eigenvalue weighted by molar-refractivity contribution is -0.0397. The van der Waals surface area contributed by atoms with Crippen LogP contribution in [-0.4, -0.2) is 19.8 Å². The van der Waals surface area contributed by atoms with E-state index in [2.05, 4.69) is 5.32 Å². The highest BCUT2D eigenvalue weighted by Crippen LogP contribution is 2.43. The quantitative estimate of drug-likeness (QED) is 0.923. The van der Waals surface area contributed by atoms with Gasteiger partial charge in [0.15, 0.2) is 11.4 Å². The fraction of sp³-hybridized carbons (Fsp3) is 0.500. The number of hydrogen-bond donors (Lipinski definition) is 1. The van der Waals surface area contributed by atoms with E-state index in [1.165, 1.54) is 6.07 Å². The molecule has 108 valence electrons. The van der Waals surface area contributed by atoms with Gasteiger partial charge in [0.1, 0.15) is 5.76 Å². The summed E-state index contributed by atoms with van der Waals surface area (Å²) in [6.45, 7) is 0. The van der Waals surface area contributed by atoms with Gasteiger partial charge in [0.25, 0.3) is 0 Å². The van der Waals surface area contributed by atoms with Crippen molar-refractivity contribution < 1.29 is 13.5 Å². The lowest BCUT2D eigenvalue weighted by atomic mass is 9.90. The van der Waals surface area contributed by atoms with Gasteiger partial charge in [-0.2, -0.15) is 0 Å². The van der Waals surface area contributed by atoms with Crippen LogP contribution in [-0.2, 0) is 4.74 Å². The maximum absolute atomic E-state index is 13.8. The second kappa shape index (κ2) is 5.19. The van der Waals surface area contributed by atoms with Crippen LogP contribution in [0, 0.1) is 5.82 Å². The number of nitrogens with one attached hydrogen (secondary N) is 1. The van der Waals surface area contributed by atoms with Crippen molar-refractivity contribution >= 4 is 11.0 Å². The number of rotatable bonds is 4. The van der Waals surface area contributed by atoms with Gasteiger partial charge in [0.05, 0.1) is 11.6 Å². The van der Waals surface area contributed by atoms with Gasteiger partial charge in [0.2, 0.25) is 0 Å². The van der Waals surface area contributed by atoms with Crippen LogP contribution in [0.5, 0.6) is 0 Å². The third-order valence-corrected chi connectivity index (χ3v) is 4.47. The first-order chi connectivity index (χ1) is 9.70. The van der Waals surface area contributed by atoms with Crippen LogP contribution >= 0.6 is 0 Å². The zero-order valence-corrected chi connectivity index (χ0v) is 11.9. The first kappa shape index (κ1) is 13.6. The van der Waals surface area contributed by atoms with Crippen LogP contribution in [0.3, 0.4) is 0 Å². The van der Waals surface area contributed by atoms with Crippen molar-refractivity contribution in [2.24, 2.45) is 0 Å². The Morgan fingerprint density at radius 1 is 1.35 bits per heavy atom. The van der Waals surface area contributed by atoms with E-state index in [4.69, 9.17) is 9.15 Å². The van der Waals surface area contributed by atoms with Gasteiger partial charge in [-0.3, -0.25) is 0 Å². The third-order valence-electron chi connectivity index (χ3n) is 4.47. The van der Waals surface area contributed by atoms with Crippen LogP contribution < -0.4 is 5.32 Å². The molecular weight excluding hydrogens is 257 g/mol. The number of likely N-dealkylation sites (N-methyl/N-ethyl adjacent to an activating group) is 1. The summed E-state index contributed by atoms with van der Waals surface area (Å²) >= 11 is 0. The van der Waals surface area contributed by atoms with E-state index >= 15 is 0 Å². The highest BCUT2D eigenvalue weighted by atomic mass is 19.1. The number of furan rings is 1. The largest absolute Gasteiger partial charge is 0.456 e. The van der Waals surface area contributed by atoms with Crippen LogP contribution in [0.2, 0.25) is 0 Å². The molecule has 1 N–H and O–H groups in total. The second-order valence-corrected chi connectivity index (χ2v) is 5.50. The third kappa shape index (κ3) is 2.03. The predicted octanol–water partition coefficient (Wildman–Crippen LogP) is 3.79. The van der Waals surface area contributed by atoms with Crippen molar-refractivity contribution in [1.29, 1.82) is 0 Å². The smallest absolute Gasteiger partial charge is 0.169 e. The maximum atomic E-state index is 13.8. The first-order valence-corrected chi connectivity index (χ1v) is 7.10. The average Bonchev–Trinajstić information content (AvgIpc) is 3.08. The molecule has 20 heavy (non-hydrogen) atoms. The Morgan fingerprint density at radius 3 is 2.70 bits per heavy atom. The summed E-state index contributed by atoms with van der Waals surface area (Å²) in [4.78, 5) is 0. The number of hydrogen-bond acceptors (Lipinski definition) is 3. The fourth-order valence-corrected chi connectivity index (χ4v) is 3.44. The van der Waals surface area contributed by atoms with E-state index in [9.17, 15) is 4.39 Å². The predicted molar refractivity (Wildman–Crippen MR) is 76.2 cm³/mol. The van der Waals surface area contributed by atoms with Gasteiger partial charge in [-0.1, -0.05) is 25.0 Å². The zero-order valence-electron chi connectivity index (χ0n) is 11.9. The van der Waals surface area contributed by atoms with Crippen LogP contribution in [0.15, 0.2) is 28.7 Å². The van der Waals surface area contributed by atoms with Crippen molar-refractivity contribution in [3.63, 3.8) is 0 Å². The summed E-state index contributed by atoms with van der Waals surface area (Å²) in [5, 5.41) is 4.09. The summed E-state index contributed by atoms with van der Waals surface area (Å²) in [5.74, 6) is 0.429. The Hall–Kier alpha value is -1.39. The highest BCUT2D eigenvalue weighted by molar-refractivity contribution is 5.78. The van der Waals surface area contributed by atoms with Crippen molar-refractivity contribution in [1.82, 2.24) is 5.32 Å². The summed E-state index contributed by atoms with van der Waals surface area (Å²) in [6, 6.07) is 6.85. The standard InChI is InChI=1S/C16H20FNO2/c1-18-15(16(19-2)8-3-4-9-16)13-10-11-6-5-7-12(17)14(11)20-13/h5-7,10,15,18H,3-4,8-9H2,1-2H3. The number of methoxy groups -OCH3 is 1. The molecule has 0 saturated heterocycles. The van der Waals surface area contributed by atoms with E-state index in [0.717, 1.165) is 36.8 Å². The lowest BCUT2D eigenvalue weighted by Crippen LogP contribution is -2.42. The molecule has 1 fully saturated rings. The van der Waals surface area contributed by atoms with Crippen molar-refractivity contribution in [3.8, 4) is 0 Å². The molecule has 1 aromatic carbocycles. The average molecular weight is 277 g/mol. The molecule has 0 aliphatic heterocycles.